The molecule has 16 rings (SSSR count). The van der Waals surface area contributed by atoms with Crippen molar-refractivity contribution in [2.45, 2.75) is 34.6 Å². The Labute approximate surface area is 823 Å². The number of carbonyl (C=O) groups is 5. The molecule has 5 amide bonds. The number of halogens is 5. The van der Waals surface area contributed by atoms with Gasteiger partial charge in [0.1, 0.15) is 143 Å². The lowest BCUT2D eigenvalue weighted by Crippen LogP contribution is -2.20. The summed E-state index contributed by atoms with van der Waals surface area (Å²) in [5.74, 6) is -3.88. The van der Waals surface area contributed by atoms with Gasteiger partial charge in [0, 0.05) is 31.0 Å². The van der Waals surface area contributed by atoms with E-state index in [1.54, 1.807) is 247 Å². The first kappa shape index (κ1) is 103. The fourth-order valence-corrected chi connectivity index (χ4v) is 13.4. The summed E-state index contributed by atoms with van der Waals surface area (Å²) in [6.45, 7) is 8.96. The molecule has 16 aromatic rings. The zero-order valence-corrected chi connectivity index (χ0v) is 77.9. The molecular formula is C101H71Cl5N20O15. The highest BCUT2D eigenvalue weighted by Gasteiger charge is 2.25. The van der Waals surface area contributed by atoms with E-state index in [1.807, 2.05) is 36.4 Å². The number of hydrogen-bond donors (Lipinski definition) is 5. The van der Waals surface area contributed by atoms with Crippen molar-refractivity contribution in [3.05, 3.63) is 410 Å². The number of hydrogen-bond acceptors (Lipinski definition) is 25. The van der Waals surface area contributed by atoms with Crippen molar-refractivity contribution < 1.29 is 47.7 Å². The second-order valence-corrected chi connectivity index (χ2v) is 31.1. The number of carbonyl (C=O) groups excluding carboxylic acids is 5. The molecule has 700 valence electrons. The lowest BCUT2D eigenvalue weighted by molar-refractivity contribution is -0.115. The average Bonchev–Trinajstić information content (AvgIpc) is 0.790. The minimum absolute atomic E-state index is 0.0867. The number of rotatable bonds is 20. The van der Waals surface area contributed by atoms with Crippen LogP contribution in [0.3, 0.4) is 0 Å². The van der Waals surface area contributed by atoms with Crippen LogP contribution in [0.1, 0.15) is 55.6 Å². The molecule has 40 heteroatoms. The fraction of sp³-hybridized carbons (Fsp3) is 0.0495. The molecule has 0 fully saturated rings. The molecule has 0 saturated carbocycles. The van der Waals surface area contributed by atoms with E-state index in [2.05, 4.69) is 24.9 Å². The molecule has 0 unspecified atom stereocenters. The van der Waals surface area contributed by atoms with Crippen molar-refractivity contribution in [3.63, 3.8) is 0 Å². The summed E-state index contributed by atoms with van der Waals surface area (Å²) in [6.07, 6.45) is 13.0. The van der Waals surface area contributed by atoms with E-state index < -0.39 is 85.2 Å². The average molecular weight is 1980 g/mol. The lowest BCUT2D eigenvalue weighted by atomic mass is 10.1. The predicted molar refractivity (Wildman–Crippen MR) is 529 cm³/mol. The van der Waals surface area contributed by atoms with E-state index in [0.29, 0.717) is 53.3 Å². The number of ether oxygens (including phenoxy) is 5. The molecule has 10 aromatic heterocycles. The molecule has 141 heavy (non-hydrogen) atoms. The van der Waals surface area contributed by atoms with Gasteiger partial charge in [-0.3, -0.25) is 69.9 Å². The van der Waals surface area contributed by atoms with E-state index in [1.165, 1.54) is 53.0 Å². The number of benzene rings is 6. The first-order chi connectivity index (χ1) is 67.6. The molecular weight excluding hydrogens is 1910 g/mol. The Hall–Kier alpha value is -18.9. The highest BCUT2D eigenvalue weighted by atomic mass is 35.5. The van der Waals surface area contributed by atoms with Gasteiger partial charge in [-0.15, -0.1) is 0 Å². The number of fused-ring (bicyclic) bond motifs is 5. The third kappa shape index (κ3) is 25.0. The molecule has 0 atom stereocenters. The van der Waals surface area contributed by atoms with Gasteiger partial charge in [-0.05, 0) is 184 Å². The Morgan fingerprint density at radius 3 is 0.539 bits per heavy atom. The Kier molecular flexibility index (Phi) is 34.4. The van der Waals surface area contributed by atoms with Gasteiger partial charge in [-0.25, -0.2) is 0 Å². The smallest absolute Gasteiger partial charge is 0.269 e. The first-order valence-corrected chi connectivity index (χ1v) is 42.8. The summed E-state index contributed by atoms with van der Waals surface area (Å²) >= 11 is 30.6. The molecule has 0 saturated heterocycles. The van der Waals surface area contributed by atoms with Crippen molar-refractivity contribution in [1.29, 1.82) is 26.3 Å². The van der Waals surface area contributed by atoms with Crippen LogP contribution in [0.4, 0.5) is 0 Å². The normalized spacial score (nSPS) is 11.1. The molecule has 0 aliphatic rings. The van der Waals surface area contributed by atoms with Gasteiger partial charge in [-0.1, -0.05) is 185 Å². The van der Waals surface area contributed by atoms with Gasteiger partial charge < -0.3 is 52.4 Å². The van der Waals surface area contributed by atoms with E-state index in [0.717, 1.165) is 58.2 Å². The lowest BCUT2D eigenvalue weighted by Gasteiger charge is -2.12. The summed E-state index contributed by atoms with van der Waals surface area (Å²) in [5.41, 5.74) is 26.5. The Morgan fingerprint density at radius 1 is 0.255 bits per heavy atom. The Balaban J connectivity index is 0.000000166. The molecule has 10 heterocycles. The van der Waals surface area contributed by atoms with E-state index >= 15 is 0 Å². The number of nitrogens with zero attached hydrogens (tertiary/aromatic N) is 15. The van der Waals surface area contributed by atoms with E-state index in [9.17, 15) is 47.9 Å². The third-order valence-electron chi connectivity index (χ3n) is 19.5. The molecule has 10 N–H and O–H groups in total. The largest absolute Gasteiger partial charge is 0.437 e. The third-order valence-corrected chi connectivity index (χ3v) is 21.1. The summed E-state index contributed by atoms with van der Waals surface area (Å²) in [7, 11) is 0. The van der Waals surface area contributed by atoms with Gasteiger partial charge in [0.2, 0.25) is 29.4 Å². The molecule has 0 aliphatic carbocycles. The summed E-state index contributed by atoms with van der Waals surface area (Å²) in [6, 6.07) is 71.1. The molecule has 0 radical (unpaired) electrons. The fourth-order valence-electron chi connectivity index (χ4n) is 12.5. The number of nitrogens with two attached hydrogens (primary N) is 5. The van der Waals surface area contributed by atoms with Crippen molar-refractivity contribution in [1.82, 2.24) is 46.9 Å². The number of amides is 5. The van der Waals surface area contributed by atoms with Crippen LogP contribution < -0.4 is 80.1 Å². The van der Waals surface area contributed by atoms with Gasteiger partial charge in [-0.2, -0.15) is 51.2 Å². The molecule has 35 nitrogen and oxygen atoms in total. The van der Waals surface area contributed by atoms with Crippen molar-refractivity contribution in [2.75, 3.05) is 0 Å². The van der Waals surface area contributed by atoms with Gasteiger partial charge in [0.15, 0.2) is 0 Å². The zero-order chi connectivity index (χ0) is 102. The number of aromatic nitrogens is 10. The maximum absolute atomic E-state index is 13.0. The monoisotopic (exact) mass is 1980 g/mol. The Bertz CT molecular complexity index is 7330. The van der Waals surface area contributed by atoms with Gasteiger partial charge in [0.25, 0.3) is 57.3 Å². The number of para-hydroxylation sites is 5. The number of nitriles is 5. The van der Waals surface area contributed by atoms with Crippen LogP contribution in [0.5, 0.6) is 58.1 Å². The topological polar surface area (TPSA) is 552 Å². The van der Waals surface area contributed by atoms with Gasteiger partial charge in [0.05, 0.1) is 25.1 Å². The Morgan fingerprint density at radius 2 is 0.404 bits per heavy atom. The van der Waals surface area contributed by atoms with Gasteiger partial charge >= 0.3 is 0 Å². The van der Waals surface area contributed by atoms with Crippen LogP contribution in [0.25, 0.3) is 58.6 Å². The minimum atomic E-state index is -0.963. The van der Waals surface area contributed by atoms with Crippen molar-refractivity contribution in [2.24, 2.45) is 28.7 Å². The highest BCUT2D eigenvalue weighted by molar-refractivity contribution is 6.33. The maximum Gasteiger partial charge on any atom is 0.269 e. The minimum Gasteiger partial charge on any atom is -0.437 e. The van der Waals surface area contributed by atoms with Crippen LogP contribution in [-0.2, 0) is 24.0 Å². The number of aryl methyl sites for hydroxylation is 5. The van der Waals surface area contributed by atoms with Crippen molar-refractivity contribution in [3.8, 4) is 88.5 Å². The quantitative estimate of drug-likeness (QED) is 0.0349. The van der Waals surface area contributed by atoms with Crippen LogP contribution in [0.2, 0.25) is 25.1 Å². The molecule has 6 aromatic carbocycles. The summed E-state index contributed by atoms with van der Waals surface area (Å²) in [5, 5.41) is 47.2. The molecule has 0 bridgehead atoms. The van der Waals surface area contributed by atoms with Crippen LogP contribution >= 0.6 is 58.0 Å². The summed E-state index contributed by atoms with van der Waals surface area (Å²) in [4.78, 5) is 144. The van der Waals surface area contributed by atoms with E-state index in [4.69, 9.17) is 137 Å². The SMILES string of the molecule is Cc1cccn2c(=O)c(/C=C(\C#N)C(N)=O)c(Oc3ccccc3Cl)nc12.Cc1cccn2c(=O)c(/C=C(\C#N)C(N)=O)c(Oc3ccccc3Cl)nc12.Cc1cccn2c(=O)c(/C=C(\C#N)C(N)=O)c(Oc3ccccc3Cl)nc12.Cc1cccn2c(=O)c(/C=C(\C#N)C(N)=O)c(Oc3ccccc3Cl)nc12.Cc1cccn2c(=O)c(/C=C(\C#N)C(N)=O)c(Oc3ccccc3Cl)nc12.c1ccccc1. The number of pyridine rings is 5. The molecule has 0 aliphatic heterocycles. The van der Waals surface area contributed by atoms with Crippen LogP contribution in [-0.4, -0.2) is 76.5 Å². The van der Waals surface area contributed by atoms with Crippen LogP contribution in [0, 0.1) is 91.3 Å². The number of primary amides is 5. The predicted octanol–water partition coefficient (Wildman–Crippen LogP) is 15.9. The first-order valence-electron chi connectivity index (χ1n) is 40.9. The standard InChI is InChI=1S/5C19H13ClN4O3.C6H6/c5*1-11-5-4-8-24-17(11)23-18(27-15-7-3-2-6-14(15)20)13(19(24)26)9-12(10-21)16(22)25;1-2-4-6-5-3-1/h5*2-9H,1H3,(H2,22,25);1-6H/b5*12-9+;. The zero-order valence-electron chi connectivity index (χ0n) is 74.2. The van der Waals surface area contributed by atoms with E-state index in [-0.39, 0.29) is 86.0 Å². The van der Waals surface area contributed by atoms with Crippen LogP contribution in [0.15, 0.2) is 301 Å². The summed E-state index contributed by atoms with van der Waals surface area (Å²) < 4.78 is 35.2. The maximum atomic E-state index is 13.0. The van der Waals surface area contributed by atoms with Crippen molar-refractivity contribution >= 4 is 146 Å². The second kappa shape index (κ2) is 47.3. The second-order valence-electron chi connectivity index (χ2n) is 29.1. The molecule has 0 spiro atoms. The highest BCUT2D eigenvalue weighted by Crippen LogP contribution is 2.37.